The van der Waals surface area contributed by atoms with Crippen molar-refractivity contribution in [2.75, 3.05) is 37.3 Å². The highest BCUT2D eigenvalue weighted by atomic mass is 16.6. The molecule has 1 aromatic carbocycles. The Balaban J connectivity index is 1.34. The molecule has 6 nitrogen and oxygen atoms in total. The summed E-state index contributed by atoms with van der Waals surface area (Å²) in [5.74, 6) is 1.68. The molecule has 2 aromatic rings. The number of ether oxygens (including phenoxy) is 2. The zero-order valence-electron chi connectivity index (χ0n) is 14.2. The molecule has 0 aliphatic carbocycles. The zero-order chi connectivity index (χ0) is 17.1. The van der Waals surface area contributed by atoms with Gasteiger partial charge in [0.1, 0.15) is 12.7 Å². The van der Waals surface area contributed by atoms with Crippen LogP contribution in [0.1, 0.15) is 12.8 Å². The average molecular weight is 340 g/mol. The number of nitrogens with two attached hydrogens (primary N) is 1. The number of nitrogens with one attached hydrogen (secondary N) is 1. The fraction of sp³-hybridized carbons (Fsp3) is 0.421. The number of nitrogen functional groups attached to an aromatic ring is 1. The van der Waals surface area contributed by atoms with E-state index in [1.807, 2.05) is 30.3 Å². The largest absolute Gasteiger partial charge is 0.486 e. The summed E-state index contributed by atoms with van der Waals surface area (Å²) in [7, 11) is 0. The van der Waals surface area contributed by atoms with Crippen LogP contribution in [0.25, 0.3) is 0 Å². The molecule has 1 saturated heterocycles. The predicted octanol–water partition coefficient (Wildman–Crippen LogP) is 2.38. The summed E-state index contributed by atoms with van der Waals surface area (Å²) in [6, 6.07) is 10.2. The minimum absolute atomic E-state index is 0.0691. The molecule has 4 rings (SSSR count). The van der Waals surface area contributed by atoms with Crippen molar-refractivity contribution in [3.8, 4) is 11.5 Å². The SMILES string of the molecule is Nc1cnccc1N[C@H]1CCCN(C[C@H]2COc3ccccc3O2)C1. The van der Waals surface area contributed by atoms with Gasteiger partial charge in [0.2, 0.25) is 0 Å². The first-order chi connectivity index (χ1) is 12.3. The van der Waals surface area contributed by atoms with Crippen LogP contribution in [-0.4, -0.2) is 48.3 Å². The fourth-order valence-electron chi connectivity index (χ4n) is 3.54. The van der Waals surface area contributed by atoms with Gasteiger partial charge in [0.15, 0.2) is 11.5 Å². The topological polar surface area (TPSA) is 72.6 Å². The molecule has 0 radical (unpaired) electrons. The standard InChI is InChI=1S/C19H24N4O2/c20-16-10-21-8-7-17(16)22-14-4-3-9-23(11-14)12-15-13-24-18-5-1-2-6-19(18)25-15/h1-2,5-8,10,14-15H,3-4,9,11-13,20H2,(H,21,22)/t14-,15-/m0/s1. The summed E-state index contributed by atoms with van der Waals surface area (Å²) in [5, 5.41) is 3.55. The second kappa shape index (κ2) is 7.19. The molecule has 0 spiro atoms. The highest BCUT2D eigenvalue weighted by molar-refractivity contribution is 5.64. The van der Waals surface area contributed by atoms with E-state index in [2.05, 4.69) is 15.2 Å². The van der Waals surface area contributed by atoms with Crippen molar-refractivity contribution in [3.05, 3.63) is 42.7 Å². The van der Waals surface area contributed by atoms with Crippen LogP contribution in [0.4, 0.5) is 11.4 Å². The van der Waals surface area contributed by atoms with Gasteiger partial charge in [0.05, 0.1) is 17.6 Å². The van der Waals surface area contributed by atoms with Gasteiger partial charge >= 0.3 is 0 Å². The van der Waals surface area contributed by atoms with E-state index in [9.17, 15) is 0 Å². The van der Waals surface area contributed by atoms with Crippen LogP contribution in [0.2, 0.25) is 0 Å². The molecule has 0 unspecified atom stereocenters. The second-order valence-corrected chi connectivity index (χ2v) is 6.70. The van der Waals surface area contributed by atoms with Gasteiger partial charge in [-0.3, -0.25) is 9.88 Å². The van der Waals surface area contributed by atoms with E-state index in [1.54, 1.807) is 12.4 Å². The van der Waals surface area contributed by atoms with Gasteiger partial charge in [-0.05, 0) is 37.6 Å². The Morgan fingerprint density at radius 3 is 3.00 bits per heavy atom. The summed E-state index contributed by atoms with van der Waals surface area (Å²) in [4.78, 5) is 6.49. The Morgan fingerprint density at radius 1 is 1.24 bits per heavy atom. The molecule has 0 bridgehead atoms. The van der Waals surface area contributed by atoms with Crippen LogP contribution >= 0.6 is 0 Å². The van der Waals surface area contributed by atoms with Crippen LogP contribution in [0.5, 0.6) is 11.5 Å². The van der Waals surface area contributed by atoms with Gasteiger partial charge in [0, 0.05) is 25.3 Å². The summed E-state index contributed by atoms with van der Waals surface area (Å²) in [6.07, 6.45) is 5.83. The van der Waals surface area contributed by atoms with Crippen LogP contribution in [0.3, 0.4) is 0 Å². The van der Waals surface area contributed by atoms with Gasteiger partial charge < -0.3 is 20.5 Å². The number of fused-ring (bicyclic) bond motifs is 1. The lowest BCUT2D eigenvalue weighted by Gasteiger charge is -2.36. The van der Waals surface area contributed by atoms with Crippen molar-refractivity contribution in [3.63, 3.8) is 0 Å². The third-order valence-corrected chi connectivity index (χ3v) is 4.75. The molecule has 3 heterocycles. The Bertz CT molecular complexity index is 724. The fourth-order valence-corrected chi connectivity index (χ4v) is 3.54. The maximum Gasteiger partial charge on any atom is 0.161 e. The molecular weight excluding hydrogens is 316 g/mol. The van der Waals surface area contributed by atoms with E-state index in [0.717, 1.165) is 49.7 Å². The number of piperidine rings is 1. The van der Waals surface area contributed by atoms with Crippen molar-refractivity contribution >= 4 is 11.4 Å². The van der Waals surface area contributed by atoms with Gasteiger partial charge in [-0.2, -0.15) is 0 Å². The van der Waals surface area contributed by atoms with Crippen LogP contribution in [0, 0.1) is 0 Å². The first-order valence-electron chi connectivity index (χ1n) is 8.85. The van der Waals surface area contributed by atoms with Gasteiger partial charge in [-0.1, -0.05) is 12.1 Å². The van der Waals surface area contributed by atoms with Crippen molar-refractivity contribution in [2.45, 2.75) is 25.0 Å². The lowest BCUT2D eigenvalue weighted by atomic mass is 10.0. The summed E-state index contributed by atoms with van der Waals surface area (Å²) in [5.41, 5.74) is 7.65. The number of benzene rings is 1. The maximum absolute atomic E-state index is 6.09. The second-order valence-electron chi connectivity index (χ2n) is 6.70. The molecule has 0 saturated carbocycles. The maximum atomic E-state index is 6.09. The van der Waals surface area contributed by atoms with E-state index in [4.69, 9.17) is 15.2 Å². The molecule has 3 N–H and O–H groups in total. The molecule has 2 aliphatic rings. The molecular formula is C19H24N4O2. The van der Waals surface area contributed by atoms with Gasteiger partial charge in [-0.25, -0.2) is 0 Å². The molecule has 2 atom stereocenters. The quantitative estimate of drug-likeness (QED) is 0.890. The number of aromatic nitrogens is 1. The predicted molar refractivity (Wildman–Crippen MR) is 98.1 cm³/mol. The number of pyridine rings is 1. The molecule has 6 heteroatoms. The molecule has 0 amide bonds. The summed E-state index contributed by atoms with van der Waals surface area (Å²) < 4.78 is 11.9. The van der Waals surface area contributed by atoms with Crippen molar-refractivity contribution in [1.29, 1.82) is 0 Å². The number of anilines is 2. The highest BCUT2D eigenvalue weighted by Gasteiger charge is 2.26. The molecule has 25 heavy (non-hydrogen) atoms. The number of para-hydroxylation sites is 2. The third kappa shape index (κ3) is 3.79. The monoisotopic (exact) mass is 340 g/mol. The molecule has 1 fully saturated rings. The van der Waals surface area contributed by atoms with E-state index >= 15 is 0 Å². The zero-order valence-corrected chi connectivity index (χ0v) is 14.2. The summed E-state index contributed by atoms with van der Waals surface area (Å²) in [6.45, 7) is 3.54. The third-order valence-electron chi connectivity index (χ3n) is 4.75. The van der Waals surface area contributed by atoms with Crippen LogP contribution in [0.15, 0.2) is 42.7 Å². The molecule has 2 aliphatic heterocycles. The lowest BCUT2D eigenvalue weighted by Crippen LogP contribution is -2.48. The Labute approximate surface area is 147 Å². The van der Waals surface area contributed by atoms with E-state index in [1.165, 1.54) is 0 Å². The number of rotatable bonds is 4. The van der Waals surface area contributed by atoms with Gasteiger partial charge in [-0.15, -0.1) is 0 Å². The molecule has 1 aromatic heterocycles. The number of hydrogen-bond acceptors (Lipinski definition) is 6. The van der Waals surface area contributed by atoms with E-state index in [-0.39, 0.29) is 6.10 Å². The lowest BCUT2D eigenvalue weighted by molar-refractivity contribution is 0.0518. The Kier molecular flexibility index (Phi) is 4.61. The minimum atomic E-state index is 0.0691. The average Bonchev–Trinajstić information content (AvgIpc) is 2.64. The Morgan fingerprint density at radius 2 is 2.12 bits per heavy atom. The molecule has 132 valence electrons. The number of likely N-dealkylation sites (tertiary alicyclic amines) is 1. The van der Waals surface area contributed by atoms with Crippen LogP contribution in [-0.2, 0) is 0 Å². The van der Waals surface area contributed by atoms with Crippen molar-refractivity contribution in [1.82, 2.24) is 9.88 Å². The highest BCUT2D eigenvalue weighted by Crippen LogP contribution is 2.31. The first-order valence-corrected chi connectivity index (χ1v) is 8.85. The number of hydrogen-bond donors (Lipinski definition) is 2. The van der Waals surface area contributed by atoms with Crippen LogP contribution < -0.4 is 20.5 Å². The van der Waals surface area contributed by atoms with Crippen molar-refractivity contribution in [2.24, 2.45) is 0 Å². The smallest absolute Gasteiger partial charge is 0.161 e. The minimum Gasteiger partial charge on any atom is -0.486 e. The van der Waals surface area contributed by atoms with E-state index < -0.39 is 0 Å². The van der Waals surface area contributed by atoms with Gasteiger partial charge in [0.25, 0.3) is 0 Å². The Hall–Kier alpha value is -2.47. The normalized spacial score (nSPS) is 23.2. The van der Waals surface area contributed by atoms with Crippen molar-refractivity contribution < 1.29 is 9.47 Å². The van der Waals surface area contributed by atoms with E-state index in [0.29, 0.717) is 18.3 Å². The first kappa shape index (κ1) is 16.0. The number of nitrogens with zero attached hydrogens (tertiary/aromatic N) is 2. The summed E-state index contributed by atoms with van der Waals surface area (Å²) >= 11 is 0.